The number of aliphatic hydroxyl groups is 3. The third kappa shape index (κ3) is 6.60. The molecule has 6 heteroatoms. The quantitative estimate of drug-likeness (QED) is 0.413. The van der Waals surface area contributed by atoms with E-state index in [1.165, 1.54) is 25.7 Å². The molecule has 0 aromatic carbocycles. The average Bonchev–Trinajstić information content (AvgIpc) is 2.51. The monoisotopic (exact) mass is 318 g/mol. The average molecular weight is 318 g/mol. The topological polar surface area (TPSA) is 96.2 Å². The summed E-state index contributed by atoms with van der Waals surface area (Å²) in [4.78, 5) is 11.7. The van der Waals surface area contributed by atoms with Crippen molar-refractivity contribution in [3.05, 3.63) is 0 Å². The fourth-order valence-electron chi connectivity index (χ4n) is 2.57. The van der Waals surface area contributed by atoms with Crippen molar-refractivity contribution in [2.24, 2.45) is 0 Å². The lowest BCUT2D eigenvalue weighted by Crippen LogP contribution is -2.55. The Morgan fingerprint density at radius 1 is 1.09 bits per heavy atom. The zero-order chi connectivity index (χ0) is 16.4. The van der Waals surface area contributed by atoms with Gasteiger partial charge in [0.25, 0.3) is 0 Å². The van der Waals surface area contributed by atoms with Crippen LogP contribution in [0, 0.1) is 0 Å². The Bertz CT molecular complexity index is 309. The molecule has 0 radical (unpaired) electrons. The van der Waals surface area contributed by atoms with Gasteiger partial charge in [0.1, 0.15) is 18.3 Å². The summed E-state index contributed by atoms with van der Waals surface area (Å²) in [7, 11) is 0. The number of hydrogen-bond donors (Lipinski definition) is 3. The molecule has 0 spiro atoms. The Kier molecular flexibility index (Phi) is 9.63. The van der Waals surface area contributed by atoms with E-state index in [2.05, 4.69) is 6.92 Å². The second kappa shape index (κ2) is 10.9. The molecule has 0 saturated carbocycles. The van der Waals surface area contributed by atoms with Crippen molar-refractivity contribution in [2.75, 3.05) is 13.2 Å². The smallest absolute Gasteiger partial charge is 0.306 e. The van der Waals surface area contributed by atoms with Crippen molar-refractivity contribution in [1.29, 1.82) is 0 Å². The van der Waals surface area contributed by atoms with E-state index in [9.17, 15) is 15.0 Å². The fraction of sp³-hybridized carbons (Fsp3) is 0.938. The van der Waals surface area contributed by atoms with Crippen molar-refractivity contribution in [3.8, 4) is 0 Å². The molecule has 4 atom stereocenters. The highest BCUT2D eigenvalue weighted by Crippen LogP contribution is 2.18. The van der Waals surface area contributed by atoms with Crippen LogP contribution in [0.15, 0.2) is 0 Å². The lowest BCUT2D eigenvalue weighted by Gasteiger charge is -2.36. The summed E-state index contributed by atoms with van der Waals surface area (Å²) in [6.07, 6.45) is 4.00. The van der Waals surface area contributed by atoms with Crippen LogP contribution in [-0.4, -0.2) is 58.9 Å². The van der Waals surface area contributed by atoms with E-state index >= 15 is 0 Å². The van der Waals surface area contributed by atoms with Gasteiger partial charge in [-0.15, -0.1) is 0 Å². The predicted molar refractivity (Wildman–Crippen MR) is 81.3 cm³/mol. The molecule has 0 aromatic rings. The Balaban J connectivity index is 2.14. The molecule has 1 rings (SSSR count). The zero-order valence-electron chi connectivity index (χ0n) is 13.4. The first kappa shape index (κ1) is 19.4. The maximum absolute atomic E-state index is 11.7. The molecular weight excluding hydrogens is 288 g/mol. The lowest BCUT2D eigenvalue weighted by molar-refractivity contribution is -0.210. The second-order valence-corrected chi connectivity index (χ2v) is 5.94. The molecule has 1 aliphatic rings. The van der Waals surface area contributed by atoms with Crippen LogP contribution in [0.1, 0.15) is 58.3 Å². The number of carbonyl (C=O) groups excluding carboxylic acids is 1. The van der Waals surface area contributed by atoms with Gasteiger partial charge in [0, 0.05) is 6.42 Å². The number of esters is 1. The third-order valence-electron chi connectivity index (χ3n) is 4.03. The molecule has 1 saturated heterocycles. The van der Waals surface area contributed by atoms with E-state index < -0.39 is 24.4 Å². The van der Waals surface area contributed by atoms with Crippen LogP contribution in [-0.2, 0) is 14.3 Å². The first-order chi connectivity index (χ1) is 10.6. The van der Waals surface area contributed by atoms with E-state index in [4.69, 9.17) is 14.6 Å². The molecule has 0 aromatic heterocycles. The standard InChI is InChI=1S/C16H30O6/c1-2-3-4-5-6-7-8-9-14(18)22-13-11-21-12(10-17)15(19)16(13)20/h12-13,15-17,19-20H,2-11H2,1H3. The van der Waals surface area contributed by atoms with E-state index in [0.29, 0.717) is 6.42 Å². The lowest BCUT2D eigenvalue weighted by atomic mass is 10.0. The molecule has 22 heavy (non-hydrogen) atoms. The first-order valence-electron chi connectivity index (χ1n) is 8.38. The van der Waals surface area contributed by atoms with Crippen molar-refractivity contribution in [3.63, 3.8) is 0 Å². The first-order valence-corrected chi connectivity index (χ1v) is 8.38. The van der Waals surface area contributed by atoms with Crippen LogP contribution >= 0.6 is 0 Å². The number of aliphatic hydroxyl groups excluding tert-OH is 3. The highest BCUT2D eigenvalue weighted by molar-refractivity contribution is 5.69. The molecule has 130 valence electrons. The van der Waals surface area contributed by atoms with Crippen LogP contribution in [0.3, 0.4) is 0 Å². The molecule has 0 amide bonds. The second-order valence-electron chi connectivity index (χ2n) is 5.94. The number of rotatable bonds is 10. The zero-order valence-corrected chi connectivity index (χ0v) is 13.4. The molecule has 3 N–H and O–H groups in total. The summed E-state index contributed by atoms with van der Waals surface area (Å²) in [5.41, 5.74) is 0. The Morgan fingerprint density at radius 3 is 2.36 bits per heavy atom. The van der Waals surface area contributed by atoms with Crippen LogP contribution in [0.25, 0.3) is 0 Å². The molecule has 0 bridgehead atoms. The van der Waals surface area contributed by atoms with Gasteiger partial charge in [-0.3, -0.25) is 4.79 Å². The Labute approximate surface area is 132 Å². The van der Waals surface area contributed by atoms with Gasteiger partial charge in [0.05, 0.1) is 13.2 Å². The summed E-state index contributed by atoms with van der Waals surface area (Å²) in [6.45, 7) is 1.79. The van der Waals surface area contributed by atoms with Gasteiger partial charge in [0.15, 0.2) is 6.10 Å². The van der Waals surface area contributed by atoms with Crippen molar-refractivity contribution < 1.29 is 29.6 Å². The molecule has 1 aliphatic heterocycles. The van der Waals surface area contributed by atoms with Crippen LogP contribution in [0.5, 0.6) is 0 Å². The number of carbonyl (C=O) groups is 1. The minimum absolute atomic E-state index is 0.00773. The van der Waals surface area contributed by atoms with Gasteiger partial charge in [-0.05, 0) is 6.42 Å². The highest BCUT2D eigenvalue weighted by atomic mass is 16.6. The molecule has 6 nitrogen and oxygen atoms in total. The van der Waals surface area contributed by atoms with Gasteiger partial charge in [-0.1, -0.05) is 45.4 Å². The summed E-state index contributed by atoms with van der Waals surface area (Å²) in [5, 5.41) is 28.5. The maximum Gasteiger partial charge on any atom is 0.306 e. The highest BCUT2D eigenvalue weighted by Gasteiger charge is 2.40. The van der Waals surface area contributed by atoms with Crippen molar-refractivity contribution in [2.45, 2.75) is 82.7 Å². The van der Waals surface area contributed by atoms with E-state index in [0.717, 1.165) is 19.3 Å². The predicted octanol–water partition coefficient (Wildman–Crippen LogP) is 1.15. The number of ether oxygens (including phenoxy) is 2. The van der Waals surface area contributed by atoms with E-state index in [1.807, 2.05) is 0 Å². The largest absolute Gasteiger partial charge is 0.457 e. The summed E-state index contributed by atoms with van der Waals surface area (Å²) < 4.78 is 10.3. The fourth-order valence-corrected chi connectivity index (χ4v) is 2.57. The normalized spacial score (nSPS) is 28.5. The third-order valence-corrected chi connectivity index (χ3v) is 4.03. The van der Waals surface area contributed by atoms with Gasteiger partial charge < -0.3 is 24.8 Å². The van der Waals surface area contributed by atoms with Crippen molar-refractivity contribution in [1.82, 2.24) is 0 Å². The van der Waals surface area contributed by atoms with E-state index in [-0.39, 0.29) is 19.2 Å². The minimum atomic E-state index is -1.24. The van der Waals surface area contributed by atoms with Crippen LogP contribution in [0.2, 0.25) is 0 Å². The van der Waals surface area contributed by atoms with Gasteiger partial charge >= 0.3 is 5.97 Å². The molecule has 4 unspecified atom stereocenters. The van der Waals surface area contributed by atoms with Crippen LogP contribution in [0.4, 0.5) is 0 Å². The SMILES string of the molecule is CCCCCCCCCC(=O)OC1COC(CO)C(O)C1O. The number of unbranched alkanes of at least 4 members (excludes halogenated alkanes) is 6. The minimum Gasteiger partial charge on any atom is -0.457 e. The van der Waals surface area contributed by atoms with Crippen molar-refractivity contribution >= 4 is 5.97 Å². The van der Waals surface area contributed by atoms with Gasteiger partial charge in [0.2, 0.25) is 0 Å². The van der Waals surface area contributed by atoms with E-state index in [1.54, 1.807) is 0 Å². The maximum atomic E-state index is 11.7. The molecule has 1 fully saturated rings. The summed E-state index contributed by atoms with van der Waals surface area (Å²) >= 11 is 0. The van der Waals surface area contributed by atoms with Crippen LogP contribution < -0.4 is 0 Å². The Morgan fingerprint density at radius 2 is 1.73 bits per heavy atom. The summed E-state index contributed by atoms with van der Waals surface area (Å²) in [6, 6.07) is 0. The summed E-state index contributed by atoms with van der Waals surface area (Å²) in [5.74, 6) is -0.379. The number of hydrogen-bond acceptors (Lipinski definition) is 6. The van der Waals surface area contributed by atoms with Gasteiger partial charge in [-0.2, -0.15) is 0 Å². The molecule has 1 heterocycles. The molecule has 0 aliphatic carbocycles. The Hall–Kier alpha value is -0.690. The molecular formula is C16H30O6. The van der Waals surface area contributed by atoms with Gasteiger partial charge in [-0.25, -0.2) is 0 Å².